The topological polar surface area (TPSA) is 102 Å². The zero-order chi connectivity index (χ0) is 15.2. The summed E-state index contributed by atoms with van der Waals surface area (Å²) in [5, 5.41) is 10.8. The predicted octanol–water partition coefficient (Wildman–Crippen LogP) is 2.72. The van der Waals surface area contributed by atoms with Crippen molar-refractivity contribution >= 4 is 22.6 Å². The molecule has 0 aliphatic heterocycles. The lowest BCUT2D eigenvalue weighted by atomic mass is 10.1. The summed E-state index contributed by atoms with van der Waals surface area (Å²) in [6, 6.07) is 12.8. The Kier molecular flexibility index (Phi) is 4.85. The largest absolute Gasteiger partial charge is 0.489 e. The number of hydrogen-bond donors (Lipinski definition) is 2. The molecule has 2 aromatic rings. The first-order valence-electron chi connectivity index (χ1n) is 5.89. The molecule has 0 saturated carbocycles. The first-order chi connectivity index (χ1) is 10.1. The van der Waals surface area contributed by atoms with E-state index in [4.69, 9.17) is 9.29 Å². The molecule has 0 aliphatic rings. The number of ether oxygens (including phenoxy) is 1. The first-order valence-corrected chi connectivity index (χ1v) is 6.99. The third kappa shape index (κ3) is 4.26. The van der Waals surface area contributed by atoms with E-state index < -0.39 is 16.2 Å². The van der Waals surface area contributed by atoms with E-state index in [1.54, 1.807) is 24.3 Å². The molecule has 0 saturated heterocycles. The van der Waals surface area contributed by atoms with Gasteiger partial charge in [0.1, 0.15) is 12.4 Å². The molecule has 2 rings (SSSR count). The van der Waals surface area contributed by atoms with Gasteiger partial charge in [0.2, 0.25) is 0 Å². The lowest BCUT2D eigenvalue weighted by Crippen LogP contribution is -2.07. The van der Waals surface area contributed by atoms with Crippen molar-refractivity contribution in [1.82, 2.24) is 0 Å². The van der Waals surface area contributed by atoms with Crippen LogP contribution >= 0.6 is 0 Å². The van der Waals surface area contributed by atoms with E-state index in [9.17, 15) is 14.3 Å². The van der Waals surface area contributed by atoms with E-state index >= 15 is 0 Å². The molecule has 7 nitrogen and oxygen atoms in total. The minimum atomic E-state index is -2.27. The van der Waals surface area contributed by atoms with E-state index in [0.29, 0.717) is 17.0 Å². The van der Waals surface area contributed by atoms with Crippen molar-refractivity contribution in [3.05, 3.63) is 64.2 Å². The average molecular weight is 308 g/mol. The maximum Gasteiger partial charge on any atom is 0.269 e. The van der Waals surface area contributed by atoms with Crippen molar-refractivity contribution in [3.63, 3.8) is 0 Å². The van der Waals surface area contributed by atoms with Gasteiger partial charge in [0.05, 0.1) is 10.6 Å². The predicted molar refractivity (Wildman–Crippen MR) is 78.3 cm³/mol. The van der Waals surface area contributed by atoms with Crippen molar-refractivity contribution in [2.75, 3.05) is 4.72 Å². The van der Waals surface area contributed by atoms with Gasteiger partial charge >= 0.3 is 0 Å². The van der Waals surface area contributed by atoms with Crippen molar-refractivity contribution < 1.29 is 18.4 Å². The summed E-state index contributed by atoms with van der Waals surface area (Å²) in [5.41, 5.74) is 0.601. The second-order valence-electron chi connectivity index (χ2n) is 4.05. The fourth-order valence-corrected chi connectivity index (χ4v) is 2.07. The number of nitrogens with zero attached hydrogens (tertiary/aromatic N) is 1. The van der Waals surface area contributed by atoms with Gasteiger partial charge in [-0.15, -0.1) is 0 Å². The van der Waals surface area contributed by atoms with Crippen LogP contribution in [0, 0.1) is 10.1 Å². The van der Waals surface area contributed by atoms with Gasteiger partial charge in [-0.1, -0.05) is 18.2 Å². The van der Waals surface area contributed by atoms with Crippen LogP contribution in [-0.4, -0.2) is 13.7 Å². The summed E-state index contributed by atoms with van der Waals surface area (Å²) in [6.07, 6.45) is 0. The smallest absolute Gasteiger partial charge is 0.269 e. The standard InChI is InChI=1S/C13H12N2O5S/c16-15(17)11-6-7-13(14-21(18)19)10(8-11)9-20-12-4-2-1-3-5-12/h1-8,14H,9H2,(H,18,19). The molecule has 2 aromatic carbocycles. The molecule has 0 aliphatic carbocycles. The van der Waals surface area contributed by atoms with E-state index in [0.717, 1.165) is 0 Å². The van der Waals surface area contributed by atoms with Crippen LogP contribution in [0.4, 0.5) is 11.4 Å². The molecule has 0 heterocycles. The zero-order valence-electron chi connectivity index (χ0n) is 10.8. The van der Waals surface area contributed by atoms with Gasteiger partial charge < -0.3 is 4.74 Å². The van der Waals surface area contributed by atoms with Gasteiger partial charge in [0.25, 0.3) is 17.0 Å². The zero-order valence-corrected chi connectivity index (χ0v) is 11.6. The van der Waals surface area contributed by atoms with Crippen LogP contribution in [0.3, 0.4) is 0 Å². The fraction of sp³-hybridized carbons (Fsp3) is 0.0769. The Hall–Kier alpha value is -2.45. The lowest BCUT2D eigenvalue weighted by Gasteiger charge is -2.11. The minimum Gasteiger partial charge on any atom is -0.489 e. The Bertz CT molecular complexity index is 663. The second-order valence-corrected chi connectivity index (χ2v) is 4.75. The highest BCUT2D eigenvalue weighted by atomic mass is 32.2. The van der Waals surface area contributed by atoms with Crippen LogP contribution in [-0.2, 0) is 17.9 Å². The van der Waals surface area contributed by atoms with E-state index in [-0.39, 0.29) is 12.3 Å². The Balaban J connectivity index is 2.23. The molecule has 21 heavy (non-hydrogen) atoms. The van der Waals surface area contributed by atoms with Crippen LogP contribution in [0.15, 0.2) is 48.5 Å². The molecule has 110 valence electrons. The molecular weight excluding hydrogens is 296 g/mol. The van der Waals surface area contributed by atoms with Gasteiger partial charge in [0, 0.05) is 17.7 Å². The summed E-state index contributed by atoms with van der Waals surface area (Å²) in [7, 11) is 0. The van der Waals surface area contributed by atoms with Crippen LogP contribution in [0.1, 0.15) is 5.56 Å². The molecule has 0 bridgehead atoms. The molecule has 2 N–H and O–H groups in total. The molecule has 0 amide bonds. The normalized spacial score (nSPS) is 11.7. The summed E-state index contributed by atoms with van der Waals surface area (Å²) in [5.74, 6) is 0.597. The molecule has 8 heteroatoms. The molecule has 0 aromatic heterocycles. The summed E-state index contributed by atoms with van der Waals surface area (Å²) >= 11 is -2.27. The number of nitro benzene ring substituents is 1. The highest BCUT2D eigenvalue weighted by molar-refractivity contribution is 7.80. The van der Waals surface area contributed by atoms with Crippen molar-refractivity contribution in [1.29, 1.82) is 0 Å². The Morgan fingerprint density at radius 1 is 1.24 bits per heavy atom. The average Bonchev–Trinajstić information content (AvgIpc) is 2.46. The number of benzene rings is 2. The van der Waals surface area contributed by atoms with Crippen molar-refractivity contribution in [2.24, 2.45) is 0 Å². The van der Waals surface area contributed by atoms with Gasteiger partial charge in [-0.05, 0) is 18.2 Å². The number of non-ortho nitro benzene ring substituents is 1. The van der Waals surface area contributed by atoms with Gasteiger partial charge in [-0.2, -0.15) is 0 Å². The van der Waals surface area contributed by atoms with Crippen LogP contribution in [0.25, 0.3) is 0 Å². The first kappa shape index (κ1) is 14.9. The van der Waals surface area contributed by atoms with E-state index in [1.807, 2.05) is 6.07 Å². The Morgan fingerprint density at radius 3 is 2.57 bits per heavy atom. The summed E-state index contributed by atoms with van der Waals surface area (Å²) in [6.45, 7) is 0.0330. The SMILES string of the molecule is O=[N+]([O-])c1ccc(NS(=O)O)c(COc2ccccc2)c1. The third-order valence-electron chi connectivity index (χ3n) is 2.63. The Labute approximate surface area is 123 Å². The maximum atomic E-state index is 10.8. The van der Waals surface area contributed by atoms with Crippen LogP contribution in [0.2, 0.25) is 0 Å². The summed E-state index contributed by atoms with van der Waals surface area (Å²) in [4.78, 5) is 10.3. The van der Waals surface area contributed by atoms with Crippen molar-refractivity contribution in [2.45, 2.75) is 6.61 Å². The number of nitro groups is 1. The molecule has 0 fully saturated rings. The maximum absolute atomic E-state index is 10.8. The quantitative estimate of drug-likeness (QED) is 0.485. The van der Waals surface area contributed by atoms with Crippen molar-refractivity contribution in [3.8, 4) is 5.75 Å². The van der Waals surface area contributed by atoms with Gasteiger partial charge in [-0.3, -0.25) is 19.4 Å². The number of nitrogens with one attached hydrogen (secondary N) is 1. The third-order valence-corrected chi connectivity index (χ3v) is 3.03. The van der Waals surface area contributed by atoms with Crippen LogP contribution in [0.5, 0.6) is 5.75 Å². The minimum absolute atomic E-state index is 0.0330. The second kappa shape index (κ2) is 6.82. The fourth-order valence-electron chi connectivity index (χ4n) is 1.68. The Morgan fingerprint density at radius 2 is 1.95 bits per heavy atom. The molecule has 0 spiro atoms. The van der Waals surface area contributed by atoms with E-state index in [2.05, 4.69) is 4.72 Å². The number of para-hydroxylation sites is 1. The van der Waals surface area contributed by atoms with Crippen LogP contribution < -0.4 is 9.46 Å². The number of hydrogen-bond acceptors (Lipinski definition) is 4. The highest BCUT2D eigenvalue weighted by Gasteiger charge is 2.12. The monoisotopic (exact) mass is 308 g/mol. The number of anilines is 1. The highest BCUT2D eigenvalue weighted by Crippen LogP contribution is 2.24. The van der Waals surface area contributed by atoms with E-state index in [1.165, 1.54) is 18.2 Å². The summed E-state index contributed by atoms with van der Waals surface area (Å²) < 4.78 is 27.5. The molecule has 1 unspecified atom stereocenters. The number of rotatable bonds is 6. The molecule has 1 atom stereocenters. The lowest BCUT2D eigenvalue weighted by molar-refractivity contribution is -0.384. The molecule has 0 radical (unpaired) electrons. The van der Waals surface area contributed by atoms with Gasteiger partial charge in [-0.25, -0.2) is 4.21 Å². The molecular formula is C13H12N2O5S. The van der Waals surface area contributed by atoms with Gasteiger partial charge in [0.15, 0.2) is 0 Å².